The lowest BCUT2D eigenvalue weighted by molar-refractivity contribution is -0.138. The molecule has 2 atom stereocenters. The van der Waals surface area contributed by atoms with Gasteiger partial charge in [-0.3, -0.25) is 9.48 Å². The average molecular weight is 319 g/mol. The zero-order chi connectivity index (χ0) is 16.2. The van der Waals surface area contributed by atoms with Crippen LogP contribution < -0.4 is 5.32 Å². The SMILES string of the molecule is Cn1cc(CN[C@@H]2CC[C@H](CC(=O)O)C2)c(C2CCCCC2)n1. The Kier molecular flexibility index (Phi) is 5.36. The third-order valence-electron chi connectivity index (χ3n) is 5.51. The van der Waals surface area contributed by atoms with E-state index in [0.717, 1.165) is 25.8 Å². The van der Waals surface area contributed by atoms with Crippen LogP contribution in [0.2, 0.25) is 0 Å². The topological polar surface area (TPSA) is 67.2 Å². The molecule has 0 radical (unpaired) electrons. The zero-order valence-electron chi connectivity index (χ0n) is 14.1. The van der Waals surface area contributed by atoms with Gasteiger partial charge >= 0.3 is 5.97 Å². The van der Waals surface area contributed by atoms with Gasteiger partial charge in [0.1, 0.15) is 0 Å². The molecular formula is C18H29N3O2. The van der Waals surface area contributed by atoms with Crippen LogP contribution in [0.4, 0.5) is 0 Å². The van der Waals surface area contributed by atoms with E-state index in [1.807, 2.05) is 11.7 Å². The van der Waals surface area contributed by atoms with Gasteiger partial charge < -0.3 is 10.4 Å². The van der Waals surface area contributed by atoms with Gasteiger partial charge in [-0.2, -0.15) is 5.10 Å². The Balaban J connectivity index is 1.55. The second kappa shape index (κ2) is 7.47. The summed E-state index contributed by atoms with van der Waals surface area (Å²) in [5, 5.41) is 17.3. The fraction of sp³-hybridized carbons (Fsp3) is 0.778. The van der Waals surface area contributed by atoms with Gasteiger partial charge in [-0.1, -0.05) is 19.3 Å². The first-order valence-corrected chi connectivity index (χ1v) is 9.09. The highest BCUT2D eigenvalue weighted by Crippen LogP contribution is 2.34. The molecule has 5 nitrogen and oxygen atoms in total. The van der Waals surface area contributed by atoms with Crippen LogP contribution >= 0.6 is 0 Å². The van der Waals surface area contributed by atoms with E-state index in [9.17, 15) is 4.79 Å². The van der Waals surface area contributed by atoms with Crippen molar-refractivity contribution in [2.45, 2.75) is 76.3 Å². The van der Waals surface area contributed by atoms with E-state index in [4.69, 9.17) is 10.2 Å². The Labute approximate surface area is 138 Å². The Morgan fingerprint density at radius 3 is 2.83 bits per heavy atom. The first-order valence-electron chi connectivity index (χ1n) is 9.09. The van der Waals surface area contributed by atoms with Gasteiger partial charge in [-0.05, 0) is 38.0 Å². The third kappa shape index (κ3) is 4.34. The minimum Gasteiger partial charge on any atom is -0.481 e. The van der Waals surface area contributed by atoms with Crippen molar-refractivity contribution in [3.63, 3.8) is 0 Å². The van der Waals surface area contributed by atoms with Gasteiger partial charge in [0.25, 0.3) is 0 Å². The van der Waals surface area contributed by atoms with Crippen LogP contribution in [0.1, 0.15) is 75.0 Å². The normalized spacial score (nSPS) is 25.8. The van der Waals surface area contributed by atoms with Crippen LogP contribution in [0, 0.1) is 5.92 Å². The maximum atomic E-state index is 10.8. The second-order valence-corrected chi connectivity index (χ2v) is 7.40. The number of carbonyl (C=O) groups is 1. The molecule has 3 rings (SSSR count). The maximum absolute atomic E-state index is 10.8. The van der Waals surface area contributed by atoms with Crippen LogP contribution in [0.3, 0.4) is 0 Å². The highest BCUT2D eigenvalue weighted by atomic mass is 16.4. The quantitative estimate of drug-likeness (QED) is 0.845. The lowest BCUT2D eigenvalue weighted by atomic mass is 9.85. The third-order valence-corrected chi connectivity index (χ3v) is 5.51. The first kappa shape index (κ1) is 16.5. The lowest BCUT2D eigenvalue weighted by Gasteiger charge is -2.21. The Morgan fingerprint density at radius 2 is 2.09 bits per heavy atom. The molecular weight excluding hydrogens is 290 g/mol. The highest BCUT2D eigenvalue weighted by Gasteiger charge is 2.27. The highest BCUT2D eigenvalue weighted by molar-refractivity contribution is 5.67. The predicted molar refractivity (Wildman–Crippen MR) is 89.3 cm³/mol. The van der Waals surface area contributed by atoms with E-state index in [-0.39, 0.29) is 0 Å². The number of nitrogens with one attached hydrogen (secondary N) is 1. The van der Waals surface area contributed by atoms with E-state index in [1.54, 1.807) is 0 Å². The Bertz CT molecular complexity index is 534. The van der Waals surface area contributed by atoms with Gasteiger partial charge in [-0.25, -0.2) is 0 Å². The van der Waals surface area contributed by atoms with Crippen molar-refractivity contribution >= 4 is 5.97 Å². The van der Waals surface area contributed by atoms with Crippen LogP contribution in [-0.2, 0) is 18.4 Å². The number of nitrogens with zero attached hydrogens (tertiary/aromatic N) is 2. The van der Waals surface area contributed by atoms with Crippen LogP contribution in [0.15, 0.2) is 6.20 Å². The molecule has 2 fully saturated rings. The molecule has 2 aliphatic carbocycles. The summed E-state index contributed by atoms with van der Waals surface area (Å²) in [6.45, 7) is 0.865. The molecule has 0 aliphatic heterocycles. The predicted octanol–water partition coefficient (Wildman–Crippen LogP) is 3.20. The summed E-state index contributed by atoms with van der Waals surface area (Å²) in [5.41, 5.74) is 2.63. The van der Waals surface area contributed by atoms with Crippen molar-refractivity contribution < 1.29 is 9.90 Å². The molecule has 1 aromatic rings. The Morgan fingerprint density at radius 1 is 1.30 bits per heavy atom. The second-order valence-electron chi connectivity index (χ2n) is 7.40. The largest absolute Gasteiger partial charge is 0.481 e. The van der Waals surface area contributed by atoms with Gasteiger partial charge in [0.15, 0.2) is 0 Å². The van der Waals surface area contributed by atoms with Crippen LogP contribution in [-0.4, -0.2) is 26.9 Å². The molecule has 0 saturated heterocycles. The summed E-state index contributed by atoms with van der Waals surface area (Å²) in [5.74, 6) is 0.310. The van der Waals surface area contributed by atoms with E-state index in [2.05, 4.69) is 11.5 Å². The van der Waals surface area contributed by atoms with Gasteiger partial charge in [0, 0.05) is 43.7 Å². The smallest absolute Gasteiger partial charge is 0.303 e. The van der Waals surface area contributed by atoms with Gasteiger partial charge in [0.2, 0.25) is 0 Å². The van der Waals surface area contributed by atoms with Gasteiger partial charge in [-0.15, -0.1) is 0 Å². The zero-order valence-corrected chi connectivity index (χ0v) is 14.1. The summed E-state index contributed by atoms with van der Waals surface area (Å²) in [6.07, 6.45) is 12.2. The molecule has 2 aliphatic rings. The summed E-state index contributed by atoms with van der Waals surface area (Å²) < 4.78 is 1.95. The molecule has 2 N–H and O–H groups in total. The average Bonchev–Trinajstić information content (AvgIpc) is 3.12. The number of rotatable bonds is 6. The number of carboxylic acid groups (broad SMARTS) is 1. The minimum absolute atomic E-state index is 0.318. The van der Waals surface area contributed by atoms with Crippen molar-refractivity contribution in [3.8, 4) is 0 Å². The molecule has 0 amide bonds. The molecule has 0 aromatic carbocycles. The van der Waals surface area contributed by atoms with Gasteiger partial charge in [0.05, 0.1) is 5.69 Å². The van der Waals surface area contributed by atoms with E-state index >= 15 is 0 Å². The molecule has 0 unspecified atom stereocenters. The van der Waals surface area contributed by atoms with Crippen molar-refractivity contribution in [1.82, 2.24) is 15.1 Å². The number of aliphatic carboxylic acids is 1. The molecule has 2 saturated carbocycles. The molecule has 5 heteroatoms. The monoisotopic (exact) mass is 319 g/mol. The van der Waals surface area contributed by atoms with Crippen molar-refractivity contribution in [1.29, 1.82) is 0 Å². The van der Waals surface area contributed by atoms with Crippen LogP contribution in [0.25, 0.3) is 0 Å². The molecule has 0 spiro atoms. The van der Waals surface area contributed by atoms with Crippen molar-refractivity contribution in [3.05, 3.63) is 17.5 Å². The maximum Gasteiger partial charge on any atom is 0.303 e. The summed E-state index contributed by atoms with van der Waals surface area (Å²) in [7, 11) is 2.01. The summed E-state index contributed by atoms with van der Waals surface area (Å²) in [6, 6.07) is 0.457. The minimum atomic E-state index is -0.664. The summed E-state index contributed by atoms with van der Waals surface area (Å²) in [4.78, 5) is 10.8. The number of carboxylic acids is 1. The number of aryl methyl sites for hydroxylation is 1. The number of hydrogen-bond donors (Lipinski definition) is 2. The molecule has 0 bridgehead atoms. The van der Waals surface area contributed by atoms with Crippen molar-refractivity contribution in [2.24, 2.45) is 13.0 Å². The van der Waals surface area contributed by atoms with E-state index in [1.165, 1.54) is 43.4 Å². The molecule has 1 heterocycles. The number of aromatic nitrogens is 2. The standard InChI is InChI=1S/C18H29N3O2/c1-21-12-15(18(20-21)14-5-3-2-4-6-14)11-19-16-8-7-13(9-16)10-17(22)23/h12-14,16,19H,2-11H2,1H3,(H,22,23)/t13-,16+/m0/s1. The first-order chi connectivity index (χ1) is 11.1. The molecule has 1 aromatic heterocycles. The van der Waals surface area contributed by atoms with Crippen molar-refractivity contribution in [2.75, 3.05) is 0 Å². The number of hydrogen-bond acceptors (Lipinski definition) is 3. The molecule has 128 valence electrons. The van der Waals surface area contributed by atoms with E-state index in [0.29, 0.717) is 24.3 Å². The van der Waals surface area contributed by atoms with E-state index < -0.39 is 5.97 Å². The van der Waals surface area contributed by atoms with Crippen LogP contribution in [0.5, 0.6) is 0 Å². The fourth-order valence-corrected chi connectivity index (χ4v) is 4.36. The fourth-order valence-electron chi connectivity index (χ4n) is 4.36. The summed E-state index contributed by atoms with van der Waals surface area (Å²) >= 11 is 0. The molecule has 23 heavy (non-hydrogen) atoms. The lowest BCUT2D eigenvalue weighted by Crippen LogP contribution is -2.26. The Hall–Kier alpha value is -1.36.